The number of hydrogen-bond acceptors (Lipinski definition) is 3. The summed E-state index contributed by atoms with van der Waals surface area (Å²) in [5.74, 6) is 0. The molecule has 0 amide bonds. The molecule has 0 bridgehead atoms. The number of pyridine rings is 1. The minimum absolute atomic E-state index is 0.00692. The maximum atomic E-state index is 6.23. The molecule has 88 valence electrons. The predicted molar refractivity (Wildman–Crippen MR) is 72.4 cm³/mol. The number of rotatable bonds is 3. The molecule has 0 saturated carbocycles. The molecule has 2 rings (SSSR count). The highest BCUT2D eigenvalue weighted by Crippen LogP contribution is 2.34. The van der Waals surface area contributed by atoms with Crippen LogP contribution in [0.15, 0.2) is 52.5 Å². The largest absolute Gasteiger partial charge is 0.324 e. The number of halogens is 1. The first-order chi connectivity index (χ1) is 8.16. The number of nitrogens with two attached hydrogens (primary N) is 1. The fraction of sp³-hybridized carbons (Fsp3) is 0.154. The monoisotopic (exact) mass is 264 g/mol. The highest BCUT2D eigenvalue weighted by atomic mass is 35.5. The first-order valence-electron chi connectivity index (χ1n) is 5.30. The van der Waals surface area contributed by atoms with Crippen molar-refractivity contribution in [3.63, 3.8) is 0 Å². The fourth-order valence-corrected chi connectivity index (χ4v) is 2.53. The van der Waals surface area contributed by atoms with Crippen molar-refractivity contribution in [2.75, 3.05) is 0 Å². The van der Waals surface area contributed by atoms with Gasteiger partial charge in [0.1, 0.15) is 0 Å². The normalized spacial score (nSPS) is 12.4. The average molecular weight is 265 g/mol. The summed E-state index contributed by atoms with van der Waals surface area (Å²) in [5, 5.41) is 0.738. The molecule has 1 atom stereocenters. The molecule has 0 spiro atoms. The lowest BCUT2D eigenvalue weighted by Crippen LogP contribution is -2.04. The van der Waals surface area contributed by atoms with E-state index >= 15 is 0 Å². The van der Waals surface area contributed by atoms with Crippen LogP contribution in [0.4, 0.5) is 0 Å². The molecule has 0 fully saturated rings. The smallest absolute Gasteiger partial charge is 0.0548 e. The van der Waals surface area contributed by atoms with E-state index in [9.17, 15) is 0 Å². The Kier molecular flexibility index (Phi) is 4.05. The van der Waals surface area contributed by atoms with Crippen LogP contribution in [0.2, 0.25) is 5.02 Å². The van der Waals surface area contributed by atoms with Crippen LogP contribution in [-0.2, 0) is 0 Å². The van der Waals surface area contributed by atoms with E-state index in [0.29, 0.717) is 0 Å². The first kappa shape index (κ1) is 12.4. The van der Waals surface area contributed by atoms with E-state index in [2.05, 4.69) is 4.98 Å². The van der Waals surface area contributed by atoms with Gasteiger partial charge in [-0.2, -0.15) is 0 Å². The zero-order valence-electron chi connectivity index (χ0n) is 9.43. The Hall–Kier alpha value is -1.03. The number of nitrogens with zero attached hydrogens (tertiary/aromatic N) is 1. The van der Waals surface area contributed by atoms with Crippen LogP contribution in [-0.4, -0.2) is 4.98 Å². The van der Waals surface area contributed by atoms with Crippen molar-refractivity contribution in [1.29, 1.82) is 0 Å². The van der Waals surface area contributed by atoms with Gasteiger partial charge in [-0.15, -0.1) is 0 Å². The molecule has 0 aliphatic heterocycles. The van der Waals surface area contributed by atoms with E-state index < -0.39 is 0 Å². The predicted octanol–water partition coefficient (Wildman–Crippen LogP) is 3.91. The Balaban J connectivity index is 2.23. The molecule has 0 saturated heterocycles. The second-order valence-electron chi connectivity index (χ2n) is 3.76. The second kappa shape index (κ2) is 5.54. The topological polar surface area (TPSA) is 38.9 Å². The summed E-state index contributed by atoms with van der Waals surface area (Å²) in [5.41, 5.74) is 6.86. The Labute approximate surface area is 110 Å². The van der Waals surface area contributed by atoms with Gasteiger partial charge in [-0.1, -0.05) is 29.4 Å². The first-order valence-corrected chi connectivity index (χ1v) is 6.49. The fourth-order valence-electron chi connectivity index (χ4n) is 1.42. The minimum atomic E-state index is 0.00692. The summed E-state index contributed by atoms with van der Waals surface area (Å²) in [6.45, 7) is 1.95. The minimum Gasteiger partial charge on any atom is -0.324 e. The van der Waals surface area contributed by atoms with E-state index in [4.69, 9.17) is 17.3 Å². The third-order valence-corrected chi connectivity index (χ3v) is 3.87. The number of aromatic nitrogens is 1. The maximum Gasteiger partial charge on any atom is 0.0548 e. The van der Waals surface area contributed by atoms with Gasteiger partial charge in [0, 0.05) is 28.2 Å². The van der Waals surface area contributed by atoms with E-state index in [0.717, 1.165) is 20.4 Å². The molecule has 0 unspecified atom stereocenters. The summed E-state index contributed by atoms with van der Waals surface area (Å²) < 4.78 is 0. The van der Waals surface area contributed by atoms with Gasteiger partial charge in [-0.25, -0.2) is 0 Å². The standard InChI is InChI=1S/C13H13ClN2S/c1-9(15)10-2-3-13(12(14)8-10)17-11-4-6-16-7-5-11/h2-9H,15H2,1H3/t9-/m0/s1. The highest BCUT2D eigenvalue weighted by Gasteiger charge is 2.06. The second-order valence-corrected chi connectivity index (χ2v) is 5.29. The molecular formula is C13H13ClN2S. The van der Waals surface area contributed by atoms with Crippen LogP contribution in [0.3, 0.4) is 0 Å². The van der Waals surface area contributed by atoms with Crippen molar-refractivity contribution in [1.82, 2.24) is 4.98 Å². The van der Waals surface area contributed by atoms with Gasteiger partial charge < -0.3 is 5.73 Å². The number of benzene rings is 1. The van der Waals surface area contributed by atoms with E-state index in [-0.39, 0.29) is 6.04 Å². The molecule has 2 nitrogen and oxygen atoms in total. The quantitative estimate of drug-likeness (QED) is 0.914. The van der Waals surface area contributed by atoms with Crippen molar-refractivity contribution in [3.05, 3.63) is 53.3 Å². The molecule has 2 aromatic rings. The lowest BCUT2D eigenvalue weighted by molar-refractivity contribution is 0.817. The Morgan fingerprint density at radius 2 is 1.94 bits per heavy atom. The van der Waals surface area contributed by atoms with Crippen LogP contribution >= 0.6 is 23.4 Å². The van der Waals surface area contributed by atoms with Gasteiger partial charge in [0.25, 0.3) is 0 Å². The summed E-state index contributed by atoms with van der Waals surface area (Å²) >= 11 is 7.85. The average Bonchev–Trinajstić information content (AvgIpc) is 2.33. The molecule has 1 aromatic heterocycles. The van der Waals surface area contributed by atoms with E-state index in [1.54, 1.807) is 24.2 Å². The molecule has 2 N–H and O–H groups in total. The van der Waals surface area contributed by atoms with Gasteiger partial charge in [-0.3, -0.25) is 4.98 Å². The summed E-state index contributed by atoms with van der Waals surface area (Å²) in [7, 11) is 0. The summed E-state index contributed by atoms with van der Waals surface area (Å²) in [6, 6.07) is 9.87. The van der Waals surface area contributed by atoms with Gasteiger partial charge in [-0.05, 0) is 36.8 Å². The van der Waals surface area contributed by atoms with Crippen molar-refractivity contribution < 1.29 is 0 Å². The summed E-state index contributed by atoms with van der Waals surface area (Å²) in [6.07, 6.45) is 3.54. The molecule has 17 heavy (non-hydrogen) atoms. The molecule has 0 aliphatic rings. The van der Waals surface area contributed by atoms with Crippen LogP contribution in [0.5, 0.6) is 0 Å². The van der Waals surface area contributed by atoms with Crippen molar-refractivity contribution in [3.8, 4) is 0 Å². The zero-order chi connectivity index (χ0) is 12.3. The van der Waals surface area contributed by atoms with Crippen molar-refractivity contribution >= 4 is 23.4 Å². The molecule has 4 heteroatoms. The third kappa shape index (κ3) is 3.22. The van der Waals surface area contributed by atoms with Crippen LogP contribution in [0.25, 0.3) is 0 Å². The molecular weight excluding hydrogens is 252 g/mol. The molecule has 0 radical (unpaired) electrons. The Morgan fingerprint density at radius 3 is 2.53 bits per heavy atom. The van der Waals surface area contributed by atoms with Crippen LogP contribution in [0.1, 0.15) is 18.5 Å². The van der Waals surface area contributed by atoms with Crippen LogP contribution in [0, 0.1) is 0 Å². The van der Waals surface area contributed by atoms with E-state index in [1.165, 1.54) is 0 Å². The molecule has 1 aromatic carbocycles. The van der Waals surface area contributed by atoms with Crippen molar-refractivity contribution in [2.24, 2.45) is 5.73 Å². The van der Waals surface area contributed by atoms with E-state index in [1.807, 2.05) is 37.3 Å². The van der Waals surface area contributed by atoms with Gasteiger partial charge >= 0.3 is 0 Å². The van der Waals surface area contributed by atoms with Crippen LogP contribution < -0.4 is 5.73 Å². The lowest BCUT2D eigenvalue weighted by Gasteiger charge is -2.09. The Morgan fingerprint density at radius 1 is 1.24 bits per heavy atom. The van der Waals surface area contributed by atoms with Gasteiger partial charge in [0.05, 0.1) is 5.02 Å². The third-order valence-electron chi connectivity index (χ3n) is 2.36. The Bertz CT molecular complexity index is 500. The molecule has 1 heterocycles. The van der Waals surface area contributed by atoms with Crippen molar-refractivity contribution in [2.45, 2.75) is 22.8 Å². The zero-order valence-corrected chi connectivity index (χ0v) is 11.0. The lowest BCUT2D eigenvalue weighted by atomic mass is 10.1. The van der Waals surface area contributed by atoms with Gasteiger partial charge in [0.2, 0.25) is 0 Å². The molecule has 0 aliphatic carbocycles. The summed E-state index contributed by atoms with van der Waals surface area (Å²) in [4.78, 5) is 6.13. The van der Waals surface area contributed by atoms with Gasteiger partial charge in [0.15, 0.2) is 0 Å². The number of hydrogen-bond donors (Lipinski definition) is 1. The maximum absolute atomic E-state index is 6.23. The SMILES string of the molecule is C[C@H](N)c1ccc(Sc2ccncc2)c(Cl)c1. The highest BCUT2D eigenvalue weighted by molar-refractivity contribution is 7.99.